The van der Waals surface area contributed by atoms with Gasteiger partial charge in [-0.3, -0.25) is 19.7 Å². The fraction of sp³-hybridized carbons (Fsp3) is 0.438. The lowest BCUT2D eigenvalue weighted by Crippen LogP contribution is -2.64. The molecule has 1 N–H and O–H groups in total. The third-order valence-corrected chi connectivity index (χ3v) is 4.58. The van der Waals surface area contributed by atoms with E-state index in [1.807, 2.05) is 0 Å². The molecule has 9 nitrogen and oxygen atoms in total. The minimum absolute atomic E-state index is 0.0264. The molecule has 3 rings (SSSR count). The van der Waals surface area contributed by atoms with Gasteiger partial charge in [0.25, 0.3) is 5.69 Å². The van der Waals surface area contributed by atoms with Crippen molar-refractivity contribution in [1.29, 1.82) is 0 Å². The summed E-state index contributed by atoms with van der Waals surface area (Å²) < 4.78 is 5.09. The van der Waals surface area contributed by atoms with Gasteiger partial charge in [-0.1, -0.05) is 0 Å². The summed E-state index contributed by atoms with van der Waals surface area (Å²) in [4.78, 5) is 47.6. The van der Waals surface area contributed by atoms with E-state index in [-0.39, 0.29) is 18.7 Å². The number of carbonyl (C=O) groups excluding carboxylic acids is 3. The number of rotatable bonds is 5. The zero-order chi connectivity index (χ0) is 18.3. The quantitative estimate of drug-likeness (QED) is 0.264. The summed E-state index contributed by atoms with van der Waals surface area (Å²) in [6, 6.07) is 3.73. The Hall–Kier alpha value is -2.81. The molecule has 2 aliphatic heterocycles. The minimum atomic E-state index is -1.27. The summed E-state index contributed by atoms with van der Waals surface area (Å²) in [5.41, 5.74) is 0.442. The Morgan fingerprint density at radius 1 is 1.40 bits per heavy atom. The maximum Gasteiger partial charge on any atom is 0.337 e. The number of β-lactam (4-membered cyclic amide) rings is 1. The van der Waals surface area contributed by atoms with E-state index in [0.717, 1.165) is 0 Å². The van der Waals surface area contributed by atoms with Gasteiger partial charge in [-0.15, -0.1) is 0 Å². The maximum atomic E-state index is 12.2. The van der Waals surface area contributed by atoms with Crippen molar-refractivity contribution in [3.05, 3.63) is 39.9 Å². The molecule has 132 valence electrons. The molecule has 1 unspecified atom stereocenters. The number of carbonyl (C=O) groups is 3. The van der Waals surface area contributed by atoms with Crippen molar-refractivity contribution in [2.24, 2.45) is 5.92 Å². The summed E-state index contributed by atoms with van der Waals surface area (Å²) in [5.74, 6) is -2.32. The number of benzene rings is 1. The van der Waals surface area contributed by atoms with Crippen molar-refractivity contribution < 1.29 is 29.2 Å². The van der Waals surface area contributed by atoms with Gasteiger partial charge in [0.1, 0.15) is 6.61 Å². The van der Waals surface area contributed by atoms with Gasteiger partial charge in [-0.2, -0.15) is 0 Å². The van der Waals surface area contributed by atoms with Crippen LogP contribution < -0.4 is 0 Å². The molecule has 0 saturated carbocycles. The highest BCUT2D eigenvalue weighted by atomic mass is 16.6. The van der Waals surface area contributed by atoms with Crippen LogP contribution in [0.4, 0.5) is 5.69 Å². The van der Waals surface area contributed by atoms with Crippen molar-refractivity contribution in [3.63, 3.8) is 0 Å². The van der Waals surface area contributed by atoms with Crippen LogP contribution in [-0.4, -0.2) is 50.8 Å². The van der Waals surface area contributed by atoms with Crippen LogP contribution in [-0.2, 0) is 25.7 Å². The first kappa shape index (κ1) is 17.0. The molecule has 1 aromatic carbocycles. The normalized spacial score (nSPS) is 26.0. The average Bonchev–Trinajstić information content (AvgIpc) is 2.85. The topological polar surface area (TPSA) is 127 Å². The minimum Gasteiger partial charge on any atom is -0.459 e. The van der Waals surface area contributed by atoms with Crippen molar-refractivity contribution in [2.45, 2.75) is 38.1 Å². The largest absolute Gasteiger partial charge is 0.459 e. The molecular formula is C16H16N2O7. The van der Waals surface area contributed by atoms with E-state index in [1.54, 1.807) is 0 Å². The predicted molar refractivity (Wildman–Crippen MR) is 82.1 cm³/mol. The Bertz CT molecular complexity index is 743. The van der Waals surface area contributed by atoms with Crippen molar-refractivity contribution in [3.8, 4) is 0 Å². The number of esters is 1. The standard InChI is InChI=1S/C16H16N2O7/c1-8(19)13-11-6-12(20)14(17(11)15(13)21)16(22)25-7-9-2-4-10(5-3-9)18(23)24/h2-5,8,11,13-14,19H,6-7H2,1H3/t8-,11-,13?,14-/m1/s1. The zero-order valence-electron chi connectivity index (χ0n) is 13.3. The lowest BCUT2D eigenvalue weighted by atomic mass is 9.84. The molecule has 0 aromatic heterocycles. The molecule has 25 heavy (non-hydrogen) atoms. The molecule has 4 atom stereocenters. The third kappa shape index (κ3) is 2.86. The molecule has 2 saturated heterocycles. The van der Waals surface area contributed by atoms with E-state index in [0.29, 0.717) is 5.56 Å². The van der Waals surface area contributed by atoms with Crippen molar-refractivity contribution in [1.82, 2.24) is 4.90 Å². The maximum absolute atomic E-state index is 12.2. The van der Waals surface area contributed by atoms with Gasteiger partial charge in [0.2, 0.25) is 5.91 Å². The molecular weight excluding hydrogens is 332 g/mol. The van der Waals surface area contributed by atoms with E-state index in [2.05, 4.69) is 0 Å². The number of nitro groups is 1. The van der Waals surface area contributed by atoms with Crippen molar-refractivity contribution >= 4 is 23.3 Å². The Kier molecular flexibility index (Phi) is 4.25. The number of aliphatic hydroxyl groups is 1. The van der Waals surface area contributed by atoms with Crippen LogP contribution in [0.25, 0.3) is 0 Å². The molecule has 2 fully saturated rings. The first-order chi connectivity index (χ1) is 11.8. The number of aliphatic hydroxyl groups excluding tert-OH is 1. The number of hydrogen-bond acceptors (Lipinski definition) is 7. The van der Waals surface area contributed by atoms with Crippen LogP contribution in [0.15, 0.2) is 24.3 Å². The number of nitrogens with zero attached hydrogens (tertiary/aromatic N) is 2. The fourth-order valence-corrected chi connectivity index (χ4v) is 3.33. The summed E-state index contributed by atoms with van der Waals surface area (Å²) in [6.45, 7) is 1.32. The SMILES string of the molecule is C[C@@H](O)C1C(=O)N2[C@@H](C(=O)OCc3ccc([N+](=O)[O-])cc3)C(=O)C[C@H]12. The monoisotopic (exact) mass is 348 g/mol. The molecule has 2 heterocycles. The van der Waals surface area contributed by atoms with E-state index < -0.39 is 46.7 Å². The number of fused-ring (bicyclic) bond motifs is 1. The smallest absolute Gasteiger partial charge is 0.337 e. The van der Waals surface area contributed by atoms with Crippen LogP contribution in [0.2, 0.25) is 0 Å². The molecule has 1 aromatic rings. The number of non-ortho nitro benzene ring substituents is 1. The molecule has 1 amide bonds. The van der Waals surface area contributed by atoms with E-state index in [1.165, 1.54) is 36.1 Å². The Morgan fingerprint density at radius 2 is 2.04 bits per heavy atom. The molecule has 0 bridgehead atoms. The number of Topliss-reactive ketones (excluding diaryl/α,β-unsaturated/α-hetero) is 1. The van der Waals surface area contributed by atoms with Gasteiger partial charge < -0.3 is 14.7 Å². The summed E-state index contributed by atoms with van der Waals surface area (Å²) in [5, 5.41) is 20.2. The molecule has 0 aliphatic carbocycles. The predicted octanol–water partition coefficient (Wildman–Crippen LogP) is 0.187. The Morgan fingerprint density at radius 3 is 2.60 bits per heavy atom. The van der Waals surface area contributed by atoms with Gasteiger partial charge >= 0.3 is 5.97 Å². The molecule has 9 heteroatoms. The second kappa shape index (κ2) is 6.25. The van der Waals surface area contributed by atoms with Crippen LogP contribution in [0, 0.1) is 16.0 Å². The first-order valence-electron chi connectivity index (χ1n) is 7.74. The Labute approximate surface area is 142 Å². The van der Waals surface area contributed by atoms with E-state index in [9.17, 15) is 29.6 Å². The highest BCUT2D eigenvalue weighted by Gasteiger charge is 2.61. The van der Waals surface area contributed by atoms with E-state index in [4.69, 9.17) is 4.74 Å². The van der Waals surface area contributed by atoms with Crippen LogP contribution in [0.1, 0.15) is 18.9 Å². The van der Waals surface area contributed by atoms with Gasteiger partial charge in [0.15, 0.2) is 11.8 Å². The summed E-state index contributed by atoms with van der Waals surface area (Å²) in [7, 11) is 0. The van der Waals surface area contributed by atoms with Crippen LogP contribution >= 0.6 is 0 Å². The summed E-state index contributed by atoms with van der Waals surface area (Å²) in [6.07, 6.45) is -0.852. The second-order valence-corrected chi connectivity index (χ2v) is 6.18. The zero-order valence-corrected chi connectivity index (χ0v) is 13.3. The molecule has 2 aliphatic rings. The highest BCUT2D eigenvalue weighted by Crippen LogP contribution is 2.40. The van der Waals surface area contributed by atoms with Gasteiger partial charge in [0.05, 0.1) is 23.0 Å². The number of ketones is 1. The van der Waals surface area contributed by atoms with Crippen LogP contribution in [0.3, 0.4) is 0 Å². The molecule has 0 spiro atoms. The third-order valence-electron chi connectivity index (χ3n) is 4.58. The lowest BCUT2D eigenvalue weighted by molar-refractivity contribution is -0.384. The van der Waals surface area contributed by atoms with Gasteiger partial charge in [0, 0.05) is 18.6 Å². The number of hydrogen-bond donors (Lipinski definition) is 1. The number of nitro benzene ring substituents is 1. The average molecular weight is 348 g/mol. The highest BCUT2D eigenvalue weighted by molar-refractivity contribution is 6.11. The Balaban J connectivity index is 1.63. The first-order valence-corrected chi connectivity index (χ1v) is 7.74. The fourth-order valence-electron chi connectivity index (χ4n) is 3.33. The van der Waals surface area contributed by atoms with Crippen LogP contribution in [0.5, 0.6) is 0 Å². The number of amides is 1. The molecule has 0 radical (unpaired) electrons. The van der Waals surface area contributed by atoms with Crippen molar-refractivity contribution in [2.75, 3.05) is 0 Å². The second-order valence-electron chi connectivity index (χ2n) is 6.18. The summed E-state index contributed by atoms with van der Waals surface area (Å²) >= 11 is 0. The van der Waals surface area contributed by atoms with E-state index >= 15 is 0 Å². The lowest BCUT2D eigenvalue weighted by Gasteiger charge is -2.45. The van der Waals surface area contributed by atoms with Gasteiger partial charge in [-0.25, -0.2) is 4.79 Å². The van der Waals surface area contributed by atoms with Gasteiger partial charge in [-0.05, 0) is 24.6 Å². The number of ether oxygens (including phenoxy) is 1.